The molecule has 0 atom stereocenters. The molecule has 0 radical (unpaired) electrons. The first-order valence-corrected chi connectivity index (χ1v) is 5.67. The molecular formula is C14H16O4. The van der Waals surface area contributed by atoms with Gasteiger partial charge < -0.3 is 9.47 Å². The summed E-state index contributed by atoms with van der Waals surface area (Å²) in [6.07, 6.45) is 1.54. The minimum absolute atomic E-state index is 0.0879. The second-order valence-electron chi connectivity index (χ2n) is 3.55. The molecule has 0 saturated heterocycles. The van der Waals surface area contributed by atoms with E-state index in [9.17, 15) is 9.59 Å². The van der Waals surface area contributed by atoms with Gasteiger partial charge in [-0.25, -0.2) is 4.79 Å². The molecule has 0 N–H and O–H groups in total. The molecule has 18 heavy (non-hydrogen) atoms. The lowest BCUT2D eigenvalue weighted by Gasteiger charge is -2.05. The number of carbonyl (C=O) groups excluding carboxylic acids is 2. The third-order valence-electron chi connectivity index (χ3n) is 2.23. The van der Waals surface area contributed by atoms with Crippen LogP contribution in [0.25, 0.3) is 6.08 Å². The van der Waals surface area contributed by atoms with Gasteiger partial charge in [0.05, 0.1) is 20.1 Å². The summed E-state index contributed by atoms with van der Waals surface area (Å²) in [6, 6.07) is 9.26. The second-order valence-corrected chi connectivity index (χ2v) is 3.55. The predicted molar refractivity (Wildman–Crippen MR) is 67.7 cm³/mol. The molecule has 0 aliphatic heterocycles. The van der Waals surface area contributed by atoms with Crippen LogP contribution in [0.1, 0.15) is 18.9 Å². The molecule has 4 heteroatoms. The fraction of sp³-hybridized carbons (Fsp3) is 0.286. The highest BCUT2D eigenvalue weighted by atomic mass is 16.5. The Kier molecular flexibility index (Phi) is 5.64. The van der Waals surface area contributed by atoms with Crippen molar-refractivity contribution in [3.8, 4) is 0 Å². The molecule has 0 bridgehead atoms. The summed E-state index contributed by atoms with van der Waals surface area (Å²) in [4.78, 5) is 23.0. The Hall–Kier alpha value is -2.10. The Bertz CT molecular complexity index is 434. The molecule has 0 aliphatic rings. The van der Waals surface area contributed by atoms with Crippen LogP contribution in [0.15, 0.2) is 35.9 Å². The first kappa shape index (κ1) is 14.0. The first-order valence-electron chi connectivity index (χ1n) is 5.67. The average Bonchev–Trinajstić information content (AvgIpc) is 2.38. The number of carbonyl (C=O) groups is 2. The number of rotatable bonds is 5. The maximum atomic E-state index is 11.6. The van der Waals surface area contributed by atoms with Crippen molar-refractivity contribution in [1.29, 1.82) is 0 Å². The molecule has 0 saturated carbocycles. The fourth-order valence-corrected chi connectivity index (χ4v) is 1.43. The molecule has 0 heterocycles. The predicted octanol–water partition coefficient (Wildman–Crippen LogP) is 2.20. The Morgan fingerprint density at radius 3 is 2.44 bits per heavy atom. The Labute approximate surface area is 106 Å². The lowest BCUT2D eigenvalue weighted by molar-refractivity contribution is -0.145. The minimum Gasteiger partial charge on any atom is -0.466 e. The highest BCUT2D eigenvalue weighted by molar-refractivity contribution is 5.98. The van der Waals surface area contributed by atoms with Crippen LogP contribution in [0.2, 0.25) is 0 Å². The van der Waals surface area contributed by atoms with Crippen LogP contribution >= 0.6 is 0 Å². The second kappa shape index (κ2) is 7.27. The Morgan fingerprint density at radius 1 is 1.22 bits per heavy atom. The van der Waals surface area contributed by atoms with E-state index in [-0.39, 0.29) is 12.0 Å². The van der Waals surface area contributed by atoms with Gasteiger partial charge in [-0.3, -0.25) is 4.79 Å². The van der Waals surface area contributed by atoms with E-state index in [1.165, 1.54) is 7.11 Å². The van der Waals surface area contributed by atoms with Crippen molar-refractivity contribution in [3.05, 3.63) is 41.5 Å². The van der Waals surface area contributed by atoms with Crippen molar-refractivity contribution in [2.45, 2.75) is 13.3 Å². The van der Waals surface area contributed by atoms with E-state index < -0.39 is 11.9 Å². The van der Waals surface area contributed by atoms with E-state index in [0.717, 1.165) is 5.56 Å². The molecular weight excluding hydrogens is 232 g/mol. The molecule has 1 aromatic carbocycles. The standard InChI is InChI=1S/C14H16O4/c1-3-18-13(15)10-12(14(16)17-2)9-11-7-5-4-6-8-11/h4-9H,3,10H2,1-2H3/b12-9+. The van der Waals surface area contributed by atoms with Gasteiger partial charge >= 0.3 is 11.9 Å². The van der Waals surface area contributed by atoms with Crippen molar-refractivity contribution in [2.75, 3.05) is 13.7 Å². The zero-order chi connectivity index (χ0) is 13.4. The van der Waals surface area contributed by atoms with Crippen LogP contribution in [0.5, 0.6) is 0 Å². The maximum Gasteiger partial charge on any atom is 0.334 e. The zero-order valence-electron chi connectivity index (χ0n) is 10.5. The van der Waals surface area contributed by atoms with E-state index in [1.54, 1.807) is 13.0 Å². The molecule has 1 aromatic rings. The summed E-state index contributed by atoms with van der Waals surface area (Å²) in [5.74, 6) is -0.961. The summed E-state index contributed by atoms with van der Waals surface area (Å²) in [5.41, 5.74) is 1.12. The molecule has 0 aliphatic carbocycles. The minimum atomic E-state index is -0.521. The summed E-state index contributed by atoms with van der Waals surface area (Å²) < 4.78 is 9.47. The lowest BCUT2D eigenvalue weighted by Crippen LogP contribution is -2.12. The Balaban J connectivity index is 2.88. The quantitative estimate of drug-likeness (QED) is 0.592. The molecule has 0 spiro atoms. The van der Waals surface area contributed by atoms with Gasteiger partial charge in [0, 0.05) is 5.57 Å². The van der Waals surface area contributed by atoms with E-state index in [4.69, 9.17) is 4.74 Å². The molecule has 0 unspecified atom stereocenters. The molecule has 4 nitrogen and oxygen atoms in total. The van der Waals surface area contributed by atoms with Crippen molar-refractivity contribution in [2.24, 2.45) is 0 Å². The number of methoxy groups -OCH3 is 1. The molecule has 0 fully saturated rings. The average molecular weight is 248 g/mol. The normalized spacial score (nSPS) is 10.9. The van der Waals surface area contributed by atoms with Gasteiger partial charge in [0.2, 0.25) is 0 Å². The summed E-state index contributed by atoms with van der Waals surface area (Å²) >= 11 is 0. The lowest BCUT2D eigenvalue weighted by atomic mass is 10.1. The van der Waals surface area contributed by atoms with Crippen LogP contribution in [-0.2, 0) is 19.1 Å². The Morgan fingerprint density at radius 2 is 1.89 bits per heavy atom. The van der Waals surface area contributed by atoms with Crippen LogP contribution in [0.3, 0.4) is 0 Å². The van der Waals surface area contributed by atoms with Gasteiger partial charge in [-0.15, -0.1) is 0 Å². The van der Waals surface area contributed by atoms with Crippen LogP contribution in [0.4, 0.5) is 0 Å². The van der Waals surface area contributed by atoms with Crippen molar-refractivity contribution in [1.82, 2.24) is 0 Å². The number of ether oxygens (including phenoxy) is 2. The van der Waals surface area contributed by atoms with Gasteiger partial charge in [-0.05, 0) is 18.6 Å². The number of hydrogen-bond donors (Lipinski definition) is 0. The number of hydrogen-bond acceptors (Lipinski definition) is 4. The molecule has 1 rings (SSSR count). The van der Waals surface area contributed by atoms with Crippen LogP contribution < -0.4 is 0 Å². The third kappa shape index (κ3) is 4.41. The molecule has 0 aromatic heterocycles. The highest BCUT2D eigenvalue weighted by Gasteiger charge is 2.15. The maximum absolute atomic E-state index is 11.6. The van der Waals surface area contributed by atoms with Crippen LogP contribution in [-0.4, -0.2) is 25.7 Å². The highest BCUT2D eigenvalue weighted by Crippen LogP contribution is 2.12. The number of esters is 2. The van der Waals surface area contributed by atoms with Crippen molar-refractivity contribution in [3.63, 3.8) is 0 Å². The van der Waals surface area contributed by atoms with Gasteiger partial charge in [0.15, 0.2) is 0 Å². The third-order valence-corrected chi connectivity index (χ3v) is 2.23. The first-order chi connectivity index (χ1) is 8.67. The zero-order valence-corrected chi connectivity index (χ0v) is 10.5. The van der Waals surface area contributed by atoms with E-state index >= 15 is 0 Å². The SMILES string of the molecule is CCOC(=O)C/C(=C\c1ccccc1)C(=O)OC. The number of benzene rings is 1. The monoisotopic (exact) mass is 248 g/mol. The van der Waals surface area contributed by atoms with Gasteiger partial charge in [-0.2, -0.15) is 0 Å². The van der Waals surface area contributed by atoms with E-state index in [2.05, 4.69) is 4.74 Å². The van der Waals surface area contributed by atoms with Gasteiger partial charge in [-0.1, -0.05) is 30.3 Å². The smallest absolute Gasteiger partial charge is 0.334 e. The molecule has 0 amide bonds. The van der Waals surface area contributed by atoms with Crippen molar-refractivity contribution >= 4 is 18.0 Å². The van der Waals surface area contributed by atoms with E-state index in [0.29, 0.717) is 6.61 Å². The fourth-order valence-electron chi connectivity index (χ4n) is 1.43. The summed E-state index contributed by atoms with van der Waals surface area (Å²) in [7, 11) is 1.28. The van der Waals surface area contributed by atoms with Gasteiger partial charge in [0.1, 0.15) is 0 Å². The van der Waals surface area contributed by atoms with Crippen molar-refractivity contribution < 1.29 is 19.1 Å². The topological polar surface area (TPSA) is 52.6 Å². The summed E-state index contributed by atoms with van der Waals surface area (Å²) in [6.45, 7) is 2.01. The van der Waals surface area contributed by atoms with Crippen LogP contribution in [0, 0.1) is 0 Å². The summed E-state index contributed by atoms with van der Waals surface area (Å²) in [5, 5.41) is 0. The largest absolute Gasteiger partial charge is 0.466 e. The molecule has 96 valence electrons. The van der Waals surface area contributed by atoms with E-state index in [1.807, 2.05) is 30.3 Å². The van der Waals surface area contributed by atoms with Gasteiger partial charge in [0.25, 0.3) is 0 Å².